The number of alkyl halides is 3. The van der Waals surface area contributed by atoms with Crippen LogP contribution in [0, 0.1) is 149 Å². The lowest BCUT2D eigenvalue weighted by Crippen LogP contribution is -2.41. The van der Waals surface area contributed by atoms with Gasteiger partial charge < -0.3 is 43.4 Å². The van der Waals surface area contributed by atoms with Crippen LogP contribution in [0.4, 0.5) is 13.2 Å². The number of terminal acetylenes is 1. The molecule has 0 bridgehead atoms. The third-order valence-electron chi connectivity index (χ3n) is 20.8. The summed E-state index contributed by atoms with van der Waals surface area (Å²) >= 11 is 5.85. The van der Waals surface area contributed by atoms with E-state index >= 15 is 0 Å². The number of phenolic OH excluding ortho intramolecular Hbond substituents is 1. The lowest BCUT2D eigenvalue weighted by atomic mass is 10.0. The number of aliphatic carboxylic acids is 1. The van der Waals surface area contributed by atoms with Crippen LogP contribution in [-0.4, -0.2) is 101 Å². The summed E-state index contributed by atoms with van der Waals surface area (Å²) in [5.74, 6) is 45.1. The molecule has 15 rings (SSSR count). The molecule has 0 saturated heterocycles. The molecule has 0 amide bonds. The highest BCUT2D eigenvalue weighted by molar-refractivity contribution is 6.34. The fourth-order valence-corrected chi connectivity index (χ4v) is 14.0. The topological polar surface area (TPSA) is 304 Å². The molecule has 144 heavy (non-hydrogen) atoms. The molecule has 0 aliphatic carbocycles. The quantitative estimate of drug-likeness (QED) is 0.0598. The van der Waals surface area contributed by atoms with Crippen LogP contribution >= 0.6 is 11.6 Å². The van der Waals surface area contributed by atoms with E-state index in [0.717, 1.165) is 82.6 Å². The fourth-order valence-electron chi connectivity index (χ4n) is 13.8. The van der Waals surface area contributed by atoms with Gasteiger partial charge in [-0.3, -0.25) is 42.2 Å². The number of hydrogen-bond donors (Lipinski definition) is 3. The van der Waals surface area contributed by atoms with Gasteiger partial charge in [0.2, 0.25) is 11.8 Å². The van der Waals surface area contributed by atoms with Gasteiger partial charge in [0.15, 0.2) is 23.0 Å². The number of carbonyl (C=O) groups is 1. The summed E-state index contributed by atoms with van der Waals surface area (Å²) < 4.78 is 76.9. The number of rotatable bonds is 16. The molecule has 3 N–H and O–H groups in total. The van der Waals surface area contributed by atoms with Gasteiger partial charge in [-0.05, 0) is 311 Å². The molecule has 730 valence electrons. The average Bonchev–Trinajstić information content (AvgIpc) is 0.766. The number of aromatic amines is 1. The van der Waals surface area contributed by atoms with E-state index in [0.29, 0.717) is 85.2 Å². The van der Waals surface area contributed by atoms with Crippen LogP contribution in [0.25, 0.3) is 66.1 Å². The minimum Gasteiger partial charge on any atom is -0.508 e. The van der Waals surface area contributed by atoms with E-state index in [1.165, 1.54) is 29.9 Å². The van der Waals surface area contributed by atoms with Crippen molar-refractivity contribution in [1.82, 2.24) is 42.8 Å². The molecule has 0 unspecified atom stereocenters. The summed E-state index contributed by atoms with van der Waals surface area (Å²) in [7, 11) is 12.8. The van der Waals surface area contributed by atoms with Gasteiger partial charge in [0.05, 0.1) is 65.7 Å². The third kappa shape index (κ3) is 30.9. The molecule has 9 aromatic carbocycles. The largest absolute Gasteiger partial charge is 0.508 e. The van der Waals surface area contributed by atoms with Crippen molar-refractivity contribution in [3.05, 3.63) is 343 Å². The molecule has 0 spiro atoms. The maximum atomic E-state index is 13.4. The number of para-hydroxylation sites is 1. The van der Waals surface area contributed by atoms with Crippen LogP contribution in [0.15, 0.2) is 260 Å². The zero-order chi connectivity index (χ0) is 104. The van der Waals surface area contributed by atoms with Crippen molar-refractivity contribution >= 4 is 49.9 Å². The number of nitrogens with one attached hydrogen (secondary N) is 1. The number of nitrogens with zero attached hydrogens (tertiary/aromatic N) is 8. The number of hydrogen-bond acceptors (Lipinski definition) is 18. The lowest BCUT2D eigenvalue weighted by molar-refractivity contribution is -0.192. The molecule has 0 aliphatic heterocycles. The highest BCUT2D eigenvalue weighted by atomic mass is 35.5. The Morgan fingerprint density at radius 3 is 1.14 bits per heavy atom. The minimum absolute atomic E-state index is 0. The zero-order valence-electron chi connectivity index (χ0n) is 81.1. The summed E-state index contributed by atoms with van der Waals surface area (Å²) in [5, 5.41) is 23.4. The molecule has 0 aliphatic rings. The Kier molecular flexibility index (Phi) is 43.3. The van der Waals surface area contributed by atoms with Gasteiger partial charge in [-0.25, -0.2) is 34.1 Å². The number of carboxylic acids is 1. The maximum absolute atomic E-state index is 13.4. The second-order valence-electron chi connectivity index (χ2n) is 30.1. The third-order valence-corrected chi connectivity index (χ3v) is 21.1. The second-order valence-corrected chi connectivity index (χ2v) is 30.4. The van der Waals surface area contributed by atoms with Gasteiger partial charge in [0.1, 0.15) is 28.2 Å². The first-order valence-corrected chi connectivity index (χ1v) is 43.5. The van der Waals surface area contributed by atoms with Crippen molar-refractivity contribution in [3.63, 3.8) is 0 Å². The van der Waals surface area contributed by atoms with Crippen molar-refractivity contribution in [2.45, 2.75) is 89.0 Å². The summed E-state index contributed by atoms with van der Waals surface area (Å²) in [6.45, 7) is 16.4. The van der Waals surface area contributed by atoms with Gasteiger partial charge >= 0.3 is 29.2 Å². The predicted octanol–water partition coefficient (Wildman–Crippen LogP) is 19.1. The Labute approximate surface area is 836 Å². The molecule has 6 aromatic heterocycles. The summed E-state index contributed by atoms with van der Waals surface area (Å²) in [6.07, 6.45) is 4.95. The molecular formula is C115H101ClF3N9O16. The Balaban J connectivity index is 0.000000241. The number of pyridine rings is 3. The van der Waals surface area contributed by atoms with Crippen molar-refractivity contribution < 1.29 is 61.3 Å². The van der Waals surface area contributed by atoms with E-state index in [-0.39, 0.29) is 42.9 Å². The number of aromatic hydroxyl groups is 1. The van der Waals surface area contributed by atoms with Crippen molar-refractivity contribution in [1.29, 1.82) is 0 Å². The Morgan fingerprint density at radius 2 is 0.778 bits per heavy atom. The monoisotopic (exact) mass is 1960 g/mol. The minimum atomic E-state index is -5.08. The number of fused-ring (bicyclic) bond motifs is 3. The summed E-state index contributed by atoms with van der Waals surface area (Å²) in [6, 6.07) is 65.8. The number of ether oxygens (including phenoxy) is 7. The van der Waals surface area contributed by atoms with Crippen LogP contribution in [-0.2, 0) is 39.0 Å². The molecule has 0 atom stereocenters. The number of aromatic nitrogens is 9. The van der Waals surface area contributed by atoms with Crippen LogP contribution in [0.3, 0.4) is 0 Å². The van der Waals surface area contributed by atoms with E-state index in [1.807, 2.05) is 198 Å². The van der Waals surface area contributed by atoms with Crippen molar-refractivity contribution in [2.24, 2.45) is 21.1 Å². The van der Waals surface area contributed by atoms with E-state index in [4.69, 9.17) is 61.1 Å². The van der Waals surface area contributed by atoms with E-state index in [9.17, 15) is 47.0 Å². The lowest BCUT2D eigenvalue weighted by Gasteiger charge is -2.18. The highest BCUT2D eigenvalue weighted by Gasteiger charge is 2.38. The molecular weight excluding hydrogens is 1860 g/mol. The second kappa shape index (κ2) is 55.6. The number of halogens is 4. The molecule has 29 heteroatoms. The standard InChI is InChI=1S/C31H29N3O5.C22H19N3O3.C22H24N2O5.C17H4.C9H6ClN.C7H8O.C4H6.C2HF3O2.CH4/c1-19-16-23(39-29-25-9-7-6-8-22(25)14-15-32-29)11-12-24(19)28-20(2)30(35)34(31(36)33(28)3)18-21-10-13-26(37-4)27(17-21)38-5;1-13-12-16(28-21-18-7-5-4-6-15(18)10-11-23-21)8-9-17(13)19-14(2)20(26)24-22(27)25(19)3;1-13-10-16(25)7-8-17(13)20-14(2)21(26)24(22(27)23(20)3)12-15-6-9-18(28-4)19(11-15)29-5;1-3-5-7-9-11-13-15-17-16-14-12-10-8-6-4-2;10-9-8-4-2-1-3-7(8)5-6-11-9;1-8-7-5-3-2-4-6-7;1-3-4-2;3-2(4,5)1(6)7;/h6-17H,18H2,1-5H3;4-12H,1-3H3,(H,24,26,27);6-11,25H,12H2,1-5H3;1H,2H3;1-6H;2-6H,1H3;1-2H3;(H,6,7);1H4. The maximum Gasteiger partial charge on any atom is 0.490 e. The van der Waals surface area contributed by atoms with Crippen LogP contribution in [0.2, 0.25) is 5.15 Å². The smallest absolute Gasteiger partial charge is 0.490 e. The van der Waals surface area contributed by atoms with Gasteiger partial charge in [-0.15, -0.1) is 18.3 Å². The number of phenols is 1. The van der Waals surface area contributed by atoms with Gasteiger partial charge in [-0.1, -0.05) is 116 Å². The van der Waals surface area contributed by atoms with Crippen LogP contribution in [0.1, 0.15) is 72.7 Å². The Morgan fingerprint density at radius 1 is 0.417 bits per heavy atom. The zero-order valence-corrected chi connectivity index (χ0v) is 81.9. The number of methoxy groups -OCH3 is 5. The molecule has 0 fully saturated rings. The number of aryl methyl sites for hydroxylation is 3. The predicted molar refractivity (Wildman–Crippen MR) is 560 cm³/mol. The first-order valence-electron chi connectivity index (χ1n) is 43.1. The highest BCUT2D eigenvalue weighted by Crippen LogP contribution is 2.37. The number of carboxylic acid groups (broad SMARTS) is 1. The van der Waals surface area contributed by atoms with Crippen LogP contribution < -0.4 is 66.9 Å². The first kappa shape index (κ1) is 112. The average molecular weight is 1960 g/mol. The fraction of sp³-hybridized carbons (Fsp3) is 0.183. The normalized spacial score (nSPS) is 9.64. The van der Waals surface area contributed by atoms with Gasteiger partial charge in [-0.2, -0.15) is 13.2 Å². The molecule has 0 saturated carbocycles. The molecule has 25 nitrogen and oxygen atoms in total. The summed E-state index contributed by atoms with van der Waals surface area (Å²) in [4.78, 5) is 101. The Hall–Kier alpha value is -18.8. The molecule has 0 radical (unpaired) electrons. The van der Waals surface area contributed by atoms with Crippen molar-refractivity contribution in [2.75, 3.05) is 35.5 Å². The van der Waals surface area contributed by atoms with Gasteiger partial charge in [0, 0.05) is 89.3 Å². The van der Waals surface area contributed by atoms with Crippen LogP contribution in [0.5, 0.6) is 57.8 Å². The number of benzene rings is 9. The number of H-pyrrole nitrogens is 1. The van der Waals surface area contributed by atoms with Crippen molar-refractivity contribution in [3.8, 4) is 199 Å². The molecule has 15 aromatic rings. The van der Waals surface area contributed by atoms with E-state index < -0.39 is 29.2 Å². The molecule has 6 heterocycles. The van der Waals surface area contributed by atoms with E-state index in [1.54, 1.807) is 144 Å². The first-order chi connectivity index (χ1) is 68.6. The van der Waals surface area contributed by atoms with Gasteiger partial charge in [0.25, 0.3) is 16.7 Å². The Bertz CT molecular complexity index is 8090. The van der Waals surface area contributed by atoms with E-state index in [2.05, 4.69) is 121 Å². The summed E-state index contributed by atoms with van der Waals surface area (Å²) in [5.41, 5.74) is 7.14. The SMILES string of the molecule is C.C#CC#CC#CC#CC#CC#CC#CC#CC.CC#CC.COc1ccc(Cn2c(=O)c(C)c(-c3ccc(O)cc3C)n(C)c2=O)cc1OC.COc1ccc(Cn2c(=O)c(C)c(-c3ccc(Oc4nccc5ccccc45)cc3C)n(C)c2=O)cc1OC.COc1ccccc1.Cc1cc(Oc2nccc3ccccc23)ccc1-c1c(C)c(=O)[nH]c(=O)n1C.Clc1nccc2ccccc12.O=C(O)C(F)(F)F.